The van der Waals surface area contributed by atoms with Gasteiger partial charge < -0.3 is 4.57 Å². The van der Waals surface area contributed by atoms with Crippen molar-refractivity contribution in [1.29, 1.82) is 0 Å². The zero-order valence-electron chi connectivity index (χ0n) is 12.5. The van der Waals surface area contributed by atoms with Crippen molar-refractivity contribution in [2.75, 3.05) is 0 Å². The second kappa shape index (κ2) is 6.39. The van der Waals surface area contributed by atoms with Crippen LogP contribution in [-0.2, 0) is 6.54 Å². The molecule has 0 atom stereocenters. The summed E-state index contributed by atoms with van der Waals surface area (Å²) in [6.07, 6.45) is 5.66. The summed E-state index contributed by atoms with van der Waals surface area (Å²) in [4.78, 5) is 24.2. The Labute approximate surface area is 124 Å². The maximum Gasteiger partial charge on any atom is 0.320 e. The first-order valence-corrected chi connectivity index (χ1v) is 7.08. The smallest absolute Gasteiger partial charge is 0.309 e. The lowest BCUT2D eigenvalue weighted by Gasteiger charge is -2.10. The highest BCUT2D eigenvalue weighted by atomic mass is 16.2. The minimum Gasteiger partial charge on any atom is -0.309 e. The van der Waals surface area contributed by atoms with Crippen LogP contribution in [0.3, 0.4) is 0 Å². The van der Waals surface area contributed by atoms with Crippen molar-refractivity contribution in [3.05, 3.63) is 75.6 Å². The molecule has 110 valence electrons. The summed E-state index contributed by atoms with van der Waals surface area (Å²) < 4.78 is 2.81. The van der Waals surface area contributed by atoms with Crippen LogP contribution in [0.4, 0.5) is 0 Å². The number of hydrogen-bond donors (Lipinski definition) is 0. The number of hydrogen-bond acceptors (Lipinski definition) is 2. The fraction of sp³-hybridized carbons (Fsp3) is 0.294. The third kappa shape index (κ3) is 3.21. The lowest BCUT2D eigenvalue weighted by Crippen LogP contribution is -2.39. The number of nitrogens with zero attached hydrogens (tertiary/aromatic N) is 2. The normalized spacial score (nSPS) is 10.8. The van der Waals surface area contributed by atoms with Crippen LogP contribution < -0.4 is 11.1 Å². The Morgan fingerprint density at radius 1 is 1.10 bits per heavy atom. The summed E-state index contributed by atoms with van der Waals surface area (Å²) >= 11 is 0. The van der Waals surface area contributed by atoms with Gasteiger partial charge in [0.05, 0.1) is 0 Å². The van der Waals surface area contributed by atoms with Gasteiger partial charge in [0, 0.05) is 24.6 Å². The van der Waals surface area contributed by atoms with E-state index in [1.165, 1.54) is 14.7 Å². The summed E-state index contributed by atoms with van der Waals surface area (Å²) in [7, 11) is 0. The molecule has 2 aromatic rings. The molecule has 4 heteroatoms. The van der Waals surface area contributed by atoms with E-state index in [0.717, 1.165) is 0 Å². The van der Waals surface area contributed by atoms with Crippen LogP contribution in [-0.4, -0.2) is 9.13 Å². The largest absolute Gasteiger partial charge is 0.320 e. The molecule has 0 N–H and O–H groups in total. The first-order chi connectivity index (χ1) is 10.0. The Morgan fingerprint density at radius 3 is 2.33 bits per heavy atom. The second-order valence-corrected chi connectivity index (χ2v) is 5.30. The molecule has 0 saturated carbocycles. The highest BCUT2D eigenvalue weighted by molar-refractivity contribution is 5.35. The molecule has 1 heterocycles. The maximum absolute atomic E-state index is 12.2. The average Bonchev–Trinajstić information content (AvgIpc) is 2.49. The van der Waals surface area contributed by atoms with Crippen LogP contribution in [0.2, 0.25) is 0 Å². The van der Waals surface area contributed by atoms with E-state index in [-0.39, 0.29) is 0 Å². The predicted molar refractivity (Wildman–Crippen MR) is 85.2 cm³/mol. The standard InChI is InChI=1S/C17H20N2O2/c1-4-5-10-18-11-12-19(17(21)16(18)20)15-8-6-14(7-9-15)13(2)3/h4,6-9,11-13H,1,5,10H2,2-3H3. The quantitative estimate of drug-likeness (QED) is 0.626. The topological polar surface area (TPSA) is 44.0 Å². The minimum absolute atomic E-state index is 0.433. The number of rotatable bonds is 5. The van der Waals surface area contributed by atoms with Crippen molar-refractivity contribution >= 4 is 0 Å². The van der Waals surface area contributed by atoms with E-state index >= 15 is 0 Å². The van der Waals surface area contributed by atoms with Gasteiger partial charge in [-0.3, -0.25) is 14.2 Å². The van der Waals surface area contributed by atoms with Gasteiger partial charge >= 0.3 is 11.1 Å². The zero-order valence-corrected chi connectivity index (χ0v) is 12.5. The second-order valence-electron chi connectivity index (χ2n) is 5.30. The first-order valence-electron chi connectivity index (χ1n) is 7.08. The van der Waals surface area contributed by atoms with Crippen LogP contribution in [0.1, 0.15) is 31.7 Å². The summed E-state index contributed by atoms with van der Waals surface area (Å²) in [5.41, 5.74) is 0.870. The number of aromatic nitrogens is 2. The molecule has 0 aliphatic rings. The Bertz CT molecular complexity index is 737. The molecule has 1 aromatic carbocycles. The molecule has 0 bridgehead atoms. The van der Waals surface area contributed by atoms with Crippen molar-refractivity contribution < 1.29 is 0 Å². The summed E-state index contributed by atoms with van der Waals surface area (Å²) in [6.45, 7) is 8.32. The molecule has 0 unspecified atom stereocenters. The Hall–Kier alpha value is -2.36. The highest BCUT2D eigenvalue weighted by Gasteiger charge is 2.07. The van der Waals surface area contributed by atoms with Gasteiger partial charge in [-0.15, -0.1) is 6.58 Å². The summed E-state index contributed by atoms with van der Waals surface area (Å²) in [5.74, 6) is 0.433. The molecule has 0 fully saturated rings. The zero-order chi connectivity index (χ0) is 15.4. The van der Waals surface area contributed by atoms with Gasteiger partial charge in [-0.05, 0) is 30.0 Å². The van der Waals surface area contributed by atoms with Gasteiger partial charge in [0.2, 0.25) is 0 Å². The van der Waals surface area contributed by atoms with Crippen molar-refractivity contribution in [2.45, 2.75) is 32.7 Å². The van der Waals surface area contributed by atoms with Crippen LogP contribution in [0.25, 0.3) is 5.69 Å². The Balaban J connectivity index is 2.41. The van der Waals surface area contributed by atoms with Crippen LogP contribution in [0, 0.1) is 0 Å². The highest BCUT2D eigenvalue weighted by Crippen LogP contribution is 2.15. The van der Waals surface area contributed by atoms with Gasteiger partial charge in [-0.1, -0.05) is 32.1 Å². The minimum atomic E-state index is -0.529. The van der Waals surface area contributed by atoms with Crippen molar-refractivity contribution in [3.63, 3.8) is 0 Å². The lowest BCUT2D eigenvalue weighted by molar-refractivity contribution is 0.656. The van der Waals surface area contributed by atoms with Crippen LogP contribution >= 0.6 is 0 Å². The number of benzene rings is 1. The molecular weight excluding hydrogens is 264 g/mol. The average molecular weight is 284 g/mol. The van der Waals surface area contributed by atoms with Crippen molar-refractivity contribution in [3.8, 4) is 5.69 Å². The van der Waals surface area contributed by atoms with Crippen LogP contribution in [0.15, 0.2) is 58.9 Å². The fourth-order valence-electron chi connectivity index (χ4n) is 2.14. The Kier molecular flexibility index (Phi) is 4.58. The third-order valence-corrected chi connectivity index (χ3v) is 3.47. The van der Waals surface area contributed by atoms with E-state index in [4.69, 9.17) is 0 Å². The Morgan fingerprint density at radius 2 is 1.76 bits per heavy atom. The first kappa shape index (κ1) is 15.0. The van der Waals surface area contributed by atoms with E-state index in [2.05, 4.69) is 20.4 Å². The van der Waals surface area contributed by atoms with E-state index in [0.29, 0.717) is 24.6 Å². The van der Waals surface area contributed by atoms with Gasteiger partial charge in [-0.2, -0.15) is 0 Å². The van der Waals surface area contributed by atoms with Gasteiger partial charge in [0.25, 0.3) is 0 Å². The number of aryl methyl sites for hydroxylation is 1. The molecule has 0 aliphatic carbocycles. The molecule has 0 amide bonds. The molecule has 0 saturated heterocycles. The third-order valence-electron chi connectivity index (χ3n) is 3.47. The van der Waals surface area contributed by atoms with Gasteiger partial charge in [0.1, 0.15) is 0 Å². The summed E-state index contributed by atoms with van der Waals surface area (Å²) in [5, 5.41) is 0. The number of allylic oxidation sites excluding steroid dienone is 1. The molecule has 1 aromatic heterocycles. The SMILES string of the molecule is C=CCCn1ccn(-c2ccc(C(C)C)cc2)c(=O)c1=O. The molecule has 2 rings (SSSR count). The fourth-order valence-corrected chi connectivity index (χ4v) is 2.14. The molecule has 4 nitrogen and oxygen atoms in total. The predicted octanol–water partition coefficient (Wildman–Crippen LogP) is 2.70. The van der Waals surface area contributed by atoms with Crippen molar-refractivity contribution in [1.82, 2.24) is 9.13 Å². The van der Waals surface area contributed by atoms with Gasteiger partial charge in [0.15, 0.2) is 0 Å². The lowest BCUT2D eigenvalue weighted by atomic mass is 10.0. The van der Waals surface area contributed by atoms with E-state index in [9.17, 15) is 9.59 Å². The van der Waals surface area contributed by atoms with Crippen molar-refractivity contribution in [2.24, 2.45) is 0 Å². The van der Waals surface area contributed by atoms with E-state index in [1.807, 2.05) is 24.3 Å². The van der Waals surface area contributed by atoms with Crippen LogP contribution in [0.5, 0.6) is 0 Å². The maximum atomic E-state index is 12.2. The molecular formula is C17H20N2O2. The van der Waals surface area contributed by atoms with E-state index < -0.39 is 11.1 Å². The molecule has 0 aliphatic heterocycles. The van der Waals surface area contributed by atoms with Gasteiger partial charge in [-0.25, -0.2) is 0 Å². The summed E-state index contributed by atoms with van der Waals surface area (Å²) in [6, 6.07) is 7.69. The monoisotopic (exact) mass is 284 g/mol. The molecule has 21 heavy (non-hydrogen) atoms. The van der Waals surface area contributed by atoms with E-state index in [1.54, 1.807) is 18.5 Å². The molecule has 0 radical (unpaired) electrons. The molecule has 0 spiro atoms.